The third-order valence-electron chi connectivity index (χ3n) is 3.49. The molecular formula is C16H23FN2O. The number of halogens is 1. The van der Waals surface area contributed by atoms with Crippen molar-refractivity contribution in [2.75, 3.05) is 27.2 Å². The molecule has 20 heavy (non-hydrogen) atoms. The van der Waals surface area contributed by atoms with Crippen molar-refractivity contribution in [3.8, 4) is 5.75 Å². The Kier molecular flexibility index (Phi) is 4.65. The van der Waals surface area contributed by atoms with E-state index < -0.39 is 0 Å². The number of aromatic nitrogens is 1. The van der Waals surface area contributed by atoms with Crippen LogP contribution in [0.1, 0.15) is 19.4 Å². The highest BCUT2D eigenvalue weighted by Gasteiger charge is 2.16. The van der Waals surface area contributed by atoms with Gasteiger partial charge in [-0.25, -0.2) is 4.39 Å². The molecule has 0 aliphatic rings. The lowest BCUT2D eigenvalue weighted by Crippen LogP contribution is -2.15. The van der Waals surface area contributed by atoms with Gasteiger partial charge in [0, 0.05) is 24.7 Å². The predicted molar refractivity (Wildman–Crippen MR) is 81.0 cm³/mol. The van der Waals surface area contributed by atoms with Crippen molar-refractivity contribution < 1.29 is 9.13 Å². The fraction of sp³-hybridized carbons (Fsp3) is 0.500. The van der Waals surface area contributed by atoms with Crippen LogP contribution in [-0.2, 0) is 13.0 Å². The van der Waals surface area contributed by atoms with E-state index in [9.17, 15) is 4.39 Å². The standard InChI is InChI=1S/C16H23FN2O/c1-5-19-11-12(9-10-18(3)4)15-14(19)8-7-13(17)16(15)20-6-2/h7-8,11H,5-6,9-10H2,1-4H3. The largest absolute Gasteiger partial charge is 0.490 e. The second-order valence-electron chi connectivity index (χ2n) is 5.20. The van der Waals surface area contributed by atoms with Gasteiger partial charge in [0.1, 0.15) is 0 Å². The summed E-state index contributed by atoms with van der Waals surface area (Å²) in [7, 11) is 4.09. The summed E-state index contributed by atoms with van der Waals surface area (Å²) in [6.07, 6.45) is 3.01. The number of benzene rings is 1. The van der Waals surface area contributed by atoms with Gasteiger partial charge in [0.2, 0.25) is 0 Å². The highest BCUT2D eigenvalue weighted by Crippen LogP contribution is 2.33. The van der Waals surface area contributed by atoms with Gasteiger partial charge in [0.25, 0.3) is 0 Å². The van der Waals surface area contributed by atoms with Crippen LogP contribution in [-0.4, -0.2) is 36.7 Å². The normalized spacial score (nSPS) is 11.5. The van der Waals surface area contributed by atoms with Gasteiger partial charge in [-0.1, -0.05) is 0 Å². The van der Waals surface area contributed by atoms with Gasteiger partial charge in [-0.3, -0.25) is 0 Å². The van der Waals surface area contributed by atoms with Crippen molar-refractivity contribution in [2.45, 2.75) is 26.8 Å². The van der Waals surface area contributed by atoms with Gasteiger partial charge >= 0.3 is 0 Å². The predicted octanol–water partition coefficient (Wildman–Crippen LogP) is 3.30. The zero-order chi connectivity index (χ0) is 14.7. The molecule has 0 amide bonds. The van der Waals surface area contributed by atoms with Crippen molar-refractivity contribution >= 4 is 10.9 Å². The first-order chi connectivity index (χ1) is 9.58. The van der Waals surface area contributed by atoms with Crippen molar-refractivity contribution in [3.05, 3.63) is 29.7 Å². The van der Waals surface area contributed by atoms with Crippen LogP contribution < -0.4 is 4.74 Å². The lowest BCUT2D eigenvalue weighted by molar-refractivity contribution is 0.325. The Bertz CT molecular complexity index is 590. The molecule has 0 atom stereocenters. The molecule has 0 spiro atoms. The average molecular weight is 278 g/mol. The highest BCUT2D eigenvalue weighted by atomic mass is 19.1. The van der Waals surface area contributed by atoms with Crippen LogP contribution in [0.2, 0.25) is 0 Å². The molecule has 0 radical (unpaired) electrons. The topological polar surface area (TPSA) is 17.4 Å². The van der Waals surface area contributed by atoms with Crippen LogP contribution in [0.15, 0.2) is 18.3 Å². The molecule has 4 heteroatoms. The lowest BCUT2D eigenvalue weighted by Gasteiger charge is -2.11. The van der Waals surface area contributed by atoms with Crippen LogP contribution in [0, 0.1) is 5.82 Å². The summed E-state index contributed by atoms with van der Waals surface area (Å²) in [5.41, 5.74) is 2.20. The Morgan fingerprint density at radius 1 is 1.25 bits per heavy atom. The summed E-state index contributed by atoms with van der Waals surface area (Å²) < 4.78 is 21.8. The fourth-order valence-corrected chi connectivity index (χ4v) is 2.50. The molecule has 0 unspecified atom stereocenters. The first-order valence-electron chi connectivity index (χ1n) is 7.16. The summed E-state index contributed by atoms with van der Waals surface area (Å²) in [6.45, 7) is 6.26. The van der Waals surface area contributed by atoms with E-state index >= 15 is 0 Å². The van der Waals surface area contributed by atoms with E-state index in [-0.39, 0.29) is 5.82 Å². The Hall–Kier alpha value is -1.55. The summed E-state index contributed by atoms with van der Waals surface area (Å²) >= 11 is 0. The zero-order valence-corrected chi connectivity index (χ0v) is 12.7. The van der Waals surface area contributed by atoms with Crippen LogP contribution in [0.4, 0.5) is 4.39 Å². The summed E-state index contributed by atoms with van der Waals surface area (Å²) in [4.78, 5) is 2.13. The van der Waals surface area contributed by atoms with Gasteiger partial charge in [0.05, 0.1) is 12.1 Å². The summed E-state index contributed by atoms with van der Waals surface area (Å²) in [5, 5.41) is 0.926. The highest BCUT2D eigenvalue weighted by molar-refractivity contribution is 5.90. The molecule has 110 valence electrons. The summed E-state index contributed by atoms with van der Waals surface area (Å²) in [6, 6.07) is 3.34. The van der Waals surface area contributed by atoms with E-state index in [1.165, 1.54) is 6.07 Å². The Morgan fingerprint density at radius 2 is 2.00 bits per heavy atom. The van der Waals surface area contributed by atoms with E-state index in [1.807, 2.05) is 27.1 Å². The maximum absolute atomic E-state index is 14.1. The van der Waals surface area contributed by atoms with Crippen molar-refractivity contribution in [2.24, 2.45) is 0 Å². The quantitative estimate of drug-likeness (QED) is 0.806. The molecule has 0 aliphatic heterocycles. The lowest BCUT2D eigenvalue weighted by atomic mass is 10.1. The third-order valence-corrected chi connectivity index (χ3v) is 3.49. The number of hydrogen-bond donors (Lipinski definition) is 0. The minimum absolute atomic E-state index is 0.278. The number of fused-ring (bicyclic) bond motifs is 1. The second kappa shape index (κ2) is 6.27. The van der Waals surface area contributed by atoms with Gasteiger partial charge < -0.3 is 14.2 Å². The zero-order valence-electron chi connectivity index (χ0n) is 12.7. The van der Waals surface area contributed by atoms with E-state index in [2.05, 4.69) is 22.6 Å². The Balaban J connectivity index is 2.57. The molecule has 1 aromatic heterocycles. The summed E-state index contributed by atoms with van der Waals surface area (Å²) in [5.74, 6) is 0.116. The molecule has 0 saturated carbocycles. The minimum atomic E-state index is -0.278. The molecule has 0 bridgehead atoms. The molecule has 0 saturated heterocycles. The SMILES string of the molecule is CCOc1c(F)ccc2c1c(CCN(C)C)cn2CC. The third kappa shape index (κ3) is 2.80. The van der Waals surface area contributed by atoms with Crippen LogP contribution in [0.5, 0.6) is 5.75 Å². The van der Waals surface area contributed by atoms with Gasteiger partial charge in [-0.2, -0.15) is 0 Å². The molecule has 0 aliphatic carbocycles. The van der Waals surface area contributed by atoms with E-state index in [4.69, 9.17) is 4.74 Å². The minimum Gasteiger partial charge on any atom is -0.490 e. The van der Waals surface area contributed by atoms with Gasteiger partial charge in [0.15, 0.2) is 11.6 Å². The van der Waals surface area contributed by atoms with Gasteiger partial charge in [-0.05, 0) is 52.1 Å². The van der Waals surface area contributed by atoms with Crippen LogP contribution >= 0.6 is 0 Å². The van der Waals surface area contributed by atoms with E-state index in [0.29, 0.717) is 12.4 Å². The van der Waals surface area contributed by atoms with Crippen LogP contribution in [0.25, 0.3) is 10.9 Å². The molecule has 2 rings (SSSR count). The van der Waals surface area contributed by atoms with Gasteiger partial charge in [-0.15, -0.1) is 0 Å². The number of likely N-dealkylation sites (N-methyl/N-ethyl adjacent to an activating group) is 1. The molecule has 2 aromatic rings. The number of nitrogens with zero attached hydrogens (tertiary/aromatic N) is 2. The maximum atomic E-state index is 14.1. The Morgan fingerprint density at radius 3 is 2.60 bits per heavy atom. The molecule has 0 fully saturated rings. The molecule has 0 N–H and O–H groups in total. The van der Waals surface area contributed by atoms with Crippen molar-refractivity contribution in [1.82, 2.24) is 9.47 Å². The van der Waals surface area contributed by atoms with Crippen molar-refractivity contribution in [1.29, 1.82) is 0 Å². The number of aryl methyl sites for hydroxylation is 1. The maximum Gasteiger partial charge on any atom is 0.165 e. The number of ether oxygens (including phenoxy) is 1. The second-order valence-corrected chi connectivity index (χ2v) is 5.20. The van der Waals surface area contributed by atoms with Crippen LogP contribution in [0.3, 0.4) is 0 Å². The van der Waals surface area contributed by atoms with E-state index in [0.717, 1.165) is 36.0 Å². The molecule has 3 nitrogen and oxygen atoms in total. The monoisotopic (exact) mass is 278 g/mol. The average Bonchev–Trinajstić information content (AvgIpc) is 2.78. The molecule has 1 aromatic carbocycles. The smallest absolute Gasteiger partial charge is 0.165 e. The Labute approximate surface area is 119 Å². The van der Waals surface area contributed by atoms with E-state index in [1.54, 1.807) is 0 Å². The van der Waals surface area contributed by atoms with Crippen molar-refractivity contribution in [3.63, 3.8) is 0 Å². The first-order valence-corrected chi connectivity index (χ1v) is 7.16. The fourth-order valence-electron chi connectivity index (χ4n) is 2.50. The first kappa shape index (κ1) is 14.9. The number of rotatable bonds is 6. The number of hydrogen-bond acceptors (Lipinski definition) is 2. The molecule has 1 heterocycles. The molecular weight excluding hydrogens is 255 g/mol.